The smallest absolute Gasteiger partial charge is 0.326 e. The summed E-state index contributed by atoms with van der Waals surface area (Å²) in [4.78, 5) is 26.6. The van der Waals surface area contributed by atoms with Gasteiger partial charge in [-0.1, -0.05) is 6.92 Å². The molecule has 0 bridgehead atoms. The first-order valence-electron chi connectivity index (χ1n) is 6.89. The molecule has 0 aliphatic carbocycles. The summed E-state index contributed by atoms with van der Waals surface area (Å²) in [6, 6.07) is -1.31. The number of methoxy groups -OCH3 is 1. The van der Waals surface area contributed by atoms with Gasteiger partial charge in [0.05, 0.1) is 12.7 Å². The molecule has 20 heavy (non-hydrogen) atoms. The van der Waals surface area contributed by atoms with Crippen LogP contribution in [0.5, 0.6) is 0 Å². The van der Waals surface area contributed by atoms with Crippen molar-refractivity contribution in [3.05, 3.63) is 0 Å². The maximum absolute atomic E-state index is 12.5. The molecular weight excluding hydrogens is 264 g/mol. The van der Waals surface area contributed by atoms with Gasteiger partial charge in [0.1, 0.15) is 6.04 Å². The molecule has 1 saturated heterocycles. The van der Waals surface area contributed by atoms with Crippen LogP contribution in [0.4, 0.5) is 4.79 Å². The molecule has 1 aliphatic rings. The average Bonchev–Trinajstić information content (AvgIpc) is 2.80. The van der Waals surface area contributed by atoms with Crippen LogP contribution in [-0.4, -0.2) is 77.0 Å². The number of hydrogen-bond donors (Lipinski definition) is 2. The normalized spacial score (nSPS) is 23.7. The summed E-state index contributed by atoms with van der Waals surface area (Å²) in [6.07, 6.45) is 0.0739. The number of carbonyl (C=O) groups excluding carboxylic acids is 1. The second-order valence-electron chi connectivity index (χ2n) is 5.12. The van der Waals surface area contributed by atoms with Gasteiger partial charge in [-0.3, -0.25) is 0 Å². The van der Waals surface area contributed by atoms with Gasteiger partial charge in [-0.25, -0.2) is 9.59 Å². The van der Waals surface area contributed by atoms with E-state index in [-0.39, 0.29) is 25.0 Å². The minimum absolute atomic E-state index is 0.00941. The number of amides is 2. The fraction of sp³-hybridized carbons (Fsp3) is 0.846. The summed E-state index contributed by atoms with van der Waals surface area (Å²) in [7, 11) is 1.55. The van der Waals surface area contributed by atoms with Crippen molar-refractivity contribution in [3.63, 3.8) is 0 Å². The van der Waals surface area contributed by atoms with E-state index in [2.05, 4.69) is 0 Å². The molecule has 1 heterocycles. The number of rotatable bonds is 6. The summed E-state index contributed by atoms with van der Waals surface area (Å²) in [5.41, 5.74) is 0. The van der Waals surface area contributed by atoms with E-state index in [1.54, 1.807) is 12.0 Å². The van der Waals surface area contributed by atoms with Gasteiger partial charge in [0, 0.05) is 32.7 Å². The Morgan fingerprint density at radius 2 is 2.15 bits per heavy atom. The van der Waals surface area contributed by atoms with Gasteiger partial charge < -0.3 is 24.7 Å². The van der Waals surface area contributed by atoms with Crippen molar-refractivity contribution in [2.75, 3.05) is 26.8 Å². The number of urea groups is 1. The lowest BCUT2D eigenvalue weighted by atomic mass is 10.2. The van der Waals surface area contributed by atoms with Gasteiger partial charge in [-0.05, 0) is 13.3 Å². The van der Waals surface area contributed by atoms with E-state index < -0.39 is 18.1 Å². The molecule has 1 fully saturated rings. The number of aliphatic hydroxyl groups excluding tert-OH is 1. The number of carboxylic acids is 1. The number of ether oxygens (including phenoxy) is 1. The Morgan fingerprint density at radius 3 is 2.65 bits per heavy atom. The van der Waals surface area contributed by atoms with E-state index in [0.717, 1.165) is 6.42 Å². The number of nitrogens with zero attached hydrogens (tertiary/aromatic N) is 2. The molecule has 2 unspecified atom stereocenters. The summed E-state index contributed by atoms with van der Waals surface area (Å²) in [6.45, 7) is 4.74. The van der Waals surface area contributed by atoms with E-state index in [4.69, 9.17) is 9.84 Å². The maximum Gasteiger partial charge on any atom is 0.326 e. The third-order valence-corrected chi connectivity index (χ3v) is 3.71. The lowest BCUT2D eigenvalue weighted by Gasteiger charge is -2.34. The van der Waals surface area contributed by atoms with E-state index in [1.807, 2.05) is 13.8 Å². The summed E-state index contributed by atoms with van der Waals surface area (Å²) < 4.78 is 5.00. The molecule has 1 rings (SSSR count). The van der Waals surface area contributed by atoms with Crippen LogP contribution < -0.4 is 0 Å². The van der Waals surface area contributed by atoms with Crippen molar-refractivity contribution < 1.29 is 24.5 Å². The molecule has 0 aromatic heterocycles. The Hall–Kier alpha value is -1.34. The third-order valence-electron chi connectivity index (χ3n) is 3.71. The number of aliphatic carboxylic acids is 1. The highest BCUT2D eigenvalue weighted by Crippen LogP contribution is 2.21. The minimum atomic E-state index is -1.08. The van der Waals surface area contributed by atoms with Gasteiger partial charge in [0.25, 0.3) is 0 Å². The Labute approximate surface area is 119 Å². The molecule has 7 heteroatoms. The second kappa shape index (κ2) is 7.44. The minimum Gasteiger partial charge on any atom is -0.480 e. The quantitative estimate of drug-likeness (QED) is 0.737. The first-order valence-corrected chi connectivity index (χ1v) is 6.89. The standard InChI is InChI=1S/C13H24N2O5/c1-4-9(2)14(5-6-20-3)13(19)15-8-10(16)7-11(15)12(17)18/h9-11,16H,4-8H2,1-3H3,(H,17,18)/t9?,10?,11-/m0/s1. The van der Waals surface area contributed by atoms with Crippen molar-refractivity contribution in [1.82, 2.24) is 9.80 Å². The SMILES string of the molecule is CCC(C)N(CCOC)C(=O)N1CC(O)C[C@H]1C(=O)O. The monoisotopic (exact) mass is 288 g/mol. The topological polar surface area (TPSA) is 90.3 Å². The van der Waals surface area contributed by atoms with E-state index in [0.29, 0.717) is 13.2 Å². The fourth-order valence-electron chi connectivity index (χ4n) is 2.34. The van der Waals surface area contributed by atoms with Crippen LogP contribution in [0.3, 0.4) is 0 Å². The van der Waals surface area contributed by atoms with Gasteiger partial charge in [-0.15, -0.1) is 0 Å². The van der Waals surface area contributed by atoms with Crippen molar-refractivity contribution in [2.24, 2.45) is 0 Å². The summed E-state index contributed by atoms with van der Waals surface area (Å²) >= 11 is 0. The van der Waals surface area contributed by atoms with Crippen LogP contribution >= 0.6 is 0 Å². The molecule has 3 atom stereocenters. The highest BCUT2D eigenvalue weighted by atomic mass is 16.5. The Bertz CT molecular complexity index is 350. The highest BCUT2D eigenvalue weighted by Gasteiger charge is 2.41. The predicted octanol–water partition coefficient (Wildman–Crippen LogP) is 0.373. The summed E-state index contributed by atoms with van der Waals surface area (Å²) in [5, 5.41) is 18.8. The molecule has 0 aromatic rings. The molecule has 116 valence electrons. The molecule has 0 aromatic carbocycles. The van der Waals surface area contributed by atoms with Crippen LogP contribution in [0.2, 0.25) is 0 Å². The van der Waals surface area contributed by atoms with Crippen molar-refractivity contribution in [2.45, 2.75) is 44.9 Å². The van der Waals surface area contributed by atoms with E-state index >= 15 is 0 Å². The van der Waals surface area contributed by atoms with Gasteiger partial charge in [0.15, 0.2) is 0 Å². The van der Waals surface area contributed by atoms with Crippen molar-refractivity contribution >= 4 is 12.0 Å². The first-order chi connectivity index (χ1) is 9.42. The highest BCUT2D eigenvalue weighted by molar-refractivity contribution is 5.83. The molecule has 7 nitrogen and oxygen atoms in total. The Kier molecular flexibility index (Phi) is 6.22. The first kappa shape index (κ1) is 16.7. The number of aliphatic hydroxyl groups is 1. The lowest BCUT2D eigenvalue weighted by Crippen LogP contribution is -2.51. The zero-order valence-electron chi connectivity index (χ0n) is 12.3. The molecule has 2 amide bonds. The number of likely N-dealkylation sites (tertiary alicyclic amines) is 1. The maximum atomic E-state index is 12.5. The van der Waals surface area contributed by atoms with Crippen LogP contribution in [0, 0.1) is 0 Å². The Balaban J connectivity index is 2.84. The summed E-state index contributed by atoms with van der Waals surface area (Å²) in [5.74, 6) is -1.08. The zero-order chi connectivity index (χ0) is 15.3. The van der Waals surface area contributed by atoms with Crippen LogP contribution in [0.25, 0.3) is 0 Å². The average molecular weight is 288 g/mol. The molecule has 0 saturated carbocycles. The fourth-order valence-corrected chi connectivity index (χ4v) is 2.34. The van der Waals surface area contributed by atoms with Crippen LogP contribution in [0.15, 0.2) is 0 Å². The van der Waals surface area contributed by atoms with Crippen LogP contribution in [0.1, 0.15) is 26.7 Å². The molecule has 0 radical (unpaired) electrons. The van der Waals surface area contributed by atoms with Crippen LogP contribution in [-0.2, 0) is 9.53 Å². The molecular formula is C13H24N2O5. The molecule has 2 N–H and O–H groups in total. The molecule has 1 aliphatic heterocycles. The van der Waals surface area contributed by atoms with E-state index in [9.17, 15) is 14.7 Å². The van der Waals surface area contributed by atoms with Gasteiger partial charge in [-0.2, -0.15) is 0 Å². The largest absolute Gasteiger partial charge is 0.480 e. The Morgan fingerprint density at radius 1 is 1.50 bits per heavy atom. The number of carboxylic acid groups (broad SMARTS) is 1. The number of β-amino-alcohol motifs (C(OH)–C–C–N with tert-alkyl or cyclic N) is 1. The van der Waals surface area contributed by atoms with Crippen molar-refractivity contribution in [3.8, 4) is 0 Å². The van der Waals surface area contributed by atoms with Crippen molar-refractivity contribution in [1.29, 1.82) is 0 Å². The number of hydrogen-bond acceptors (Lipinski definition) is 4. The van der Waals surface area contributed by atoms with Gasteiger partial charge >= 0.3 is 12.0 Å². The molecule has 0 spiro atoms. The van der Waals surface area contributed by atoms with E-state index in [1.165, 1.54) is 4.90 Å². The zero-order valence-corrected chi connectivity index (χ0v) is 12.3. The predicted molar refractivity (Wildman–Crippen MR) is 72.5 cm³/mol. The van der Waals surface area contributed by atoms with Gasteiger partial charge in [0.2, 0.25) is 0 Å². The third kappa shape index (κ3) is 3.83. The second-order valence-corrected chi connectivity index (χ2v) is 5.12. The number of carbonyl (C=O) groups is 2. The lowest BCUT2D eigenvalue weighted by molar-refractivity contribution is -0.141.